The fourth-order valence-electron chi connectivity index (χ4n) is 2.83. The summed E-state index contributed by atoms with van der Waals surface area (Å²) in [6.07, 6.45) is 3.91. The zero-order valence-corrected chi connectivity index (χ0v) is 17.2. The highest BCUT2D eigenvalue weighted by Crippen LogP contribution is 2.13. The highest BCUT2D eigenvalue weighted by Gasteiger charge is 2.20. The molecule has 0 aromatic heterocycles. The number of ether oxygens (including phenoxy) is 1. The summed E-state index contributed by atoms with van der Waals surface area (Å²) >= 11 is 0. The number of aliphatic imine (C=N–C) groups is 1. The van der Waals surface area contributed by atoms with E-state index in [9.17, 15) is 0 Å². The van der Waals surface area contributed by atoms with Gasteiger partial charge >= 0.3 is 0 Å². The van der Waals surface area contributed by atoms with E-state index in [1.54, 1.807) is 0 Å². The first-order valence-corrected chi connectivity index (χ1v) is 8.34. The lowest BCUT2D eigenvalue weighted by molar-refractivity contribution is 0.0258. The molecular formula is C16H35IN4O. The highest BCUT2D eigenvalue weighted by molar-refractivity contribution is 14.0. The van der Waals surface area contributed by atoms with Crippen LogP contribution in [0.5, 0.6) is 0 Å². The minimum absolute atomic E-state index is 0. The molecule has 2 atom stereocenters. The van der Waals surface area contributed by atoms with Crippen LogP contribution in [0.2, 0.25) is 0 Å². The zero-order valence-electron chi connectivity index (χ0n) is 14.9. The number of hydrogen-bond acceptors (Lipinski definition) is 3. The summed E-state index contributed by atoms with van der Waals surface area (Å²) in [5.41, 5.74) is 0. The molecule has 1 heterocycles. The van der Waals surface area contributed by atoms with E-state index in [4.69, 9.17) is 4.74 Å². The molecule has 0 aromatic rings. The molecule has 5 nitrogen and oxygen atoms in total. The van der Waals surface area contributed by atoms with Gasteiger partial charge in [0.15, 0.2) is 5.96 Å². The third-order valence-corrected chi connectivity index (χ3v) is 4.25. The van der Waals surface area contributed by atoms with E-state index in [-0.39, 0.29) is 24.0 Å². The minimum Gasteiger partial charge on any atom is -0.378 e. The Morgan fingerprint density at radius 2 is 2.09 bits per heavy atom. The van der Waals surface area contributed by atoms with Gasteiger partial charge in [-0.25, -0.2) is 0 Å². The largest absolute Gasteiger partial charge is 0.378 e. The monoisotopic (exact) mass is 426 g/mol. The van der Waals surface area contributed by atoms with Crippen LogP contribution in [0.4, 0.5) is 0 Å². The predicted octanol–water partition coefficient (Wildman–Crippen LogP) is 2.31. The van der Waals surface area contributed by atoms with Crippen LogP contribution in [-0.4, -0.2) is 63.3 Å². The second-order valence-corrected chi connectivity index (χ2v) is 6.18. The highest BCUT2D eigenvalue weighted by atomic mass is 127. The number of rotatable bonds is 8. The summed E-state index contributed by atoms with van der Waals surface area (Å²) in [4.78, 5) is 6.72. The van der Waals surface area contributed by atoms with Crippen molar-refractivity contribution in [2.75, 3.05) is 40.3 Å². The van der Waals surface area contributed by atoms with Gasteiger partial charge in [-0.15, -0.1) is 24.0 Å². The van der Waals surface area contributed by atoms with Gasteiger partial charge in [0.05, 0.1) is 6.10 Å². The van der Waals surface area contributed by atoms with Gasteiger partial charge in [-0.05, 0) is 45.7 Å². The maximum atomic E-state index is 5.77. The summed E-state index contributed by atoms with van der Waals surface area (Å²) in [6.45, 7) is 10.3. The van der Waals surface area contributed by atoms with Gasteiger partial charge in [0.2, 0.25) is 0 Å². The van der Waals surface area contributed by atoms with E-state index >= 15 is 0 Å². The molecule has 0 spiro atoms. The van der Waals surface area contributed by atoms with Crippen LogP contribution < -0.4 is 10.6 Å². The van der Waals surface area contributed by atoms with E-state index in [0.717, 1.165) is 32.1 Å². The SMILES string of the molecule is CCOC(CCNC(=NC)NCC1CCCN1C)C(C)C.I. The Hall–Kier alpha value is -0.0800. The molecule has 0 saturated carbocycles. The number of hydrogen-bond donors (Lipinski definition) is 2. The molecule has 1 fully saturated rings. The van der Waals surface area contributed by atoms with E-state index in [1.807, 2.05) is 7.05 Å². The van der Waals surface area contributed by atoms with E-state index < -0.39 is 0 Å². The van der Waals surface area contributed by atoms with Crippen LogP contribution in [-0.2, 0) is 4.74 Å². The Morgan fingerprint density at radius 1 is 1.36 bits per heavy atom. The van der Waals surface area contributed by atoms with Crippen molar-refractivity contribution in [2.24, 2.45) is 10.9 Å². The quantitative estimate of drug-likeness (QED) is 0.355. The summed E-state index contributed by atoms with van der Waals surface area (Å²) < 4.78 is 5.77. The van der Waals surface area contributed by atoms with Crippen LogP contribution in [0.25, 0.3) is 0 Å². The summed E-state index contributed by atoms with van der Waals surface area (Å²) in [5.74, 6) is 1.45. The molecule has 0 radical (unpaired) electrons. The van der Waals surface area contributed by atoms with Crippen molar-refractivity contribution in [3.05, 3.63) is 0 Å². The molecule has 0 amide bonds. The van der Waals surface area contributed by atoms with Crippen LogP contribution in [0.1, 0.15) is 40.0 Å². The van der Waals surface area contributed by atoms with Crippen LogP contribution in [0.15, 0.2) is 4.99 Å². The molecule has 132 valence electrons. The molecule has 0 aliphatic carbocycles. The van der Waals surface area contributed by atoms with Crippen molar-refractivity contribution >= 4 is 29.9 Å². The first-order valence-electron chi connectivity index (χ1n) is 8.34. The molecule has 1 aliphatic heterocycles. The van der Waals surface area contributed by atoms with Gasteiger partial charge in [-0.2, -0.15) is 0 Å². The lowest BCUT2D eigenvalue weighted by Gasteiger charge is -2.23. The van der Waals surface area contributed by atoms with Crippen LogP contribution in [0, 0.1) is 5.92 Å². The Labute approximate surface area is 153 Å². The Bertz CT molecular complexity index is 313. The zero-order chi connectivity index (χ0) is 15.7. The van der Waals surface area contributed by atoms with Gasteiger partial charge in [0, 0.05) is 32.8 Å². The molecule has 2 N–H and O–H groups in total. The lowest BCUT2D eigenvalue weighted by Crippen LogP contribution is -2.44. The molecule has 1 aliphatic rings. The third kappa shape index (κ3) is 7.97. The fourth-order valence-corrected chi connectivity index (χ4v) is 2.83. The van der Waals surface area contributed by atoms with Gasteiger partial charge in [0.25, 0.3) is 0 Å². The smallest absolute Gasteiger partial charge is 0.191 e. The molecular weight excluding hydrogens is 391 g/mol. The topological polar surface area (TPSA) is 48.9 Å². The number of halogens is 1. The average Bonchev–Trinajstić information content (AvgIpc) is 2.86. The molecule has 0 bridgehead atoms. The Morgan fingerprint density at radius 3 is 2.59 bits per heavy atom. The van der Waals surface area contributed by atoms with Gasteiger partial charge in [-0.1, -0.05) is 13.8 Å². The molecule has 0 aromatic carbocycles. The van der Waals surface area contributed by atoms with Crippen LogP contribution >= 0.6 is 24.0 Å². The number of likely N-dealkylation sites (tertiary alicyclic amines) is 1. The van der Waals surface area contributed by atoms with Gasteiger partial charge < -0.3 is 20.3 Å². The number of likely N-dealkylation sites (N-methyl/N-ethyl adjacent to an activating group) is 1. The number of nitrogens with one attached hydrogen (secondary N) is 2. The second kappa shape index (κ2) is 12.4. The lowest BCUT2D eigenvalue weighted by atomic mass is 10.0. The third-order valence-electron chi connectivity index (χ3n) is 4.25. The first kappa shape index (κ1) is 21.9. The minimum atomic E-state index is 0. The summed E-state index contributed by atoms with van der Waals surface area (Å²) in [6, 6.07) is 0.635. The van der Waals surface area contributed by atoms with Gasteiger partial charge in [0.1, 0.15) is 0 Å². The summed E-state index contributed by atoms with van der Waals surface area (Å²) in [5, 5.41) is 6.83. The second-order valence-electron chi connectivity index (χ2n) is 6.18. The normalized spacial score (nSPS) is 20.8. The molecule has 22 heavy (non-hydrogen) atoms. The van der Waals surface area contributed by atoms with Crippen molar-refractivity contribution in [3.8, 4) is 0 Å². The van der Waals surface area contributed by atoms with Crippen molar-refractivity contribution in [1.29, 1.82) is 0 Å². The molecule has 1 saturated heterocycles. The first-order chi connectivity index (χ1) is 10.1. The van der Waals surface area contributed by atoms with Crippen molar-refractivity contribution in [3.63, 3.8) is 0 Å². The maximum absolute atomic E-state index is 5.77. The predicted molar refractivity (Wildman–Crippen MR) is 105 cm³/mol. The summed E-state index contributed by atoms with van der Waals surface area (Å²) in [7, 11) is 4.03. The maximum Gasteiger partial charge on any atom is 0.191 e. The van der Waals surface area contributed by atoms with Crippen LogP contribution in [0.3, 0.4) is 0 Å². The van der Waals surface area contributed by atoms with E-state index in [0.29, 0.717) is 18.1 Å². The molecule has 2 unspecified atom stereocenters. The van der Waals surface area contributed by atoms with E-state index in [1.165, 1.54) is 19.4 Å². The Balaban J connectivity index is 0.00000441. The standard InChI is InChI=1S/C16H34N4O.HI/c1-6-21-15(13(2)3)9-10-18-16(17-4)19-12-14-8-7-11-20(14)5;/h13-15H,6-12H2,1-5H3,(H2,17,18,19);1H. The fraction of sp³-hybridized carbons (Fsp3) is 0.938. The van der Waals surface area contributed by atoms with E-state index in [2.05, 4.69) is 48.3 Å². The average molecular weight is 426 g/mol. The number of nitrogens with zero attached hydrogens (tertiary/aromatic N) is 2. The Kier molecular flexibility index (Phi) is 12.3. The molecule has 6 heteroatoms. The van der Waals surface area contributed by atoms with Crippen molar-refractivity contribution in [1.82, 2.24) is 15.5 Å². The number of guanidine groups is 1. The van der Waals surface area contributed by atoms with Gasteiger partial charge in [-0.3, -0.25) is 4.99 Å². The molecule has 1 rings (SSSR count). The van der Waals surface area contributed by atoms with Crippen molar-refractivity contribution in [2.45, 2.75) is 52.2 Å². The van der Waals surface area contributed by atoms with Crippen molar-refractivity contribution < 1.29 is 4.74 Å².